The highest BCUT2D eigenvalue weighted by Gasteiger charge is 2.10. The Bertz CT molecular complexity index is 83.7. The van der Waals surface area contributed by atoms with Crippen molar-refractivity contribution in [1.29, 1.82) is 0 Å². The van der Waals surface area contributed by atoms with Crippen molar-refractivity contribution in [3.8, 4) is 0 Å². The highest BCUT2D eigenvalue weighted by molar-refractivity contribution is 6.20. The zero-order valence-electron chi connectivity index (χ0n) is 7.28. The summed E-state index contributed by atoms with van der Waals surface area (Å²) in [5.41, 5.74) is 0.256. The number of rotatable bonds is 3. The first-order chi connectivity index (χ1) is 4.42. The summed E-state index contributed by atoms with van der Waals surface area (Å²) in [6.45, 7) is 9.80. The van der Waals surface area contributed by atoms with Gasteiger partial charge in [-0.05, 0) is 12.3 Å². The maximum Gasteiger partial charge on any atom is 0.0627 e. The molecule has 0 amide bonds. The predicted molar refractivity (Wildman–Crippen MR) is 45.6 cm³/mol. The third-order valence-corrected chi connectivity index (χ3v) is 1.01. The second-order valence-corrected chi connectivity index (χ2v) is 4.60. The topological polar surface area (TPSA) is 9.23 Å². The average Bonchev–Trinajstić information content (AvgIpc) is 1.59. The van der Waals surface area contributed by atoms with E-state index in [0.29, 0.717) is 6.61 Å². The molecule has 0 aromatic carbocycles. The summed E-state index contributed by atoms with van der Waals surface area (Å²) < 4.78 is 5.33. The van der Waals surface area contributed by atoms with Crippen molar-refractivity contribution < 1.29 is 4.74 Å². The van der Waals surface area contributed by atoms with Crippen LogP contribution in [0.1, 0.15) is 27.7 Å². The van der Waals surface area contributed by atoms with E-state index in [-0.39, 0.29) is 10.8 Å². The molecular weight excluding hydrogens is 148 g/mol. The fraction of sp³-hybridized carbons (Fsp3) is 1.00. The van der Waals surface area contributed by atoms with Crippen LogP contribution in [0.15, 0.2) is 0 Å². The van der Waals surface area contributed by atoms with Crippen molar-refractivity contribution in [2.45, 2.75) is 33.1 Å². The molecule has 0 radical (unpaired) electrons. The molecule has 0 aliphatic heterocycles. The van der Waals surface area contributed by atoms with E-state index in [9.17, 15) is 0 Å². The van der Waals surface area contributed by atoms with E-state index in [1.54, 1.807) is 0 Å². The monoisotopic (exact) mass is 164 g/mol. The van der Waals surface area contributed by atoms with Gasteiger partial charge in [-0.15, -0.1) is 11.6 Å². The minimum atomic E-state index is 0.127. The standard InChI is InChI=1S/C8H17ClO/c1-7(9)5-10-6-8(2,3)4/h7H,5-6H2,1-4H3. The van der Waals surface area contributed by atoms with Crippen LogP contribution < -0.4 is 0 Å². The Balaban J connectivity index is 3.21. The van der Waals surface area contributed by atoms with Gasteiger partial charge in [0.15, 0.2) is 0 Å². The van der Waals surface area contributed by atoms with Gasteiger partial charge in [0, 0.05) is 0 Å². The molecule has 0 aliphatic rings. The fourth-order valence-corrected chi connectivity index (χ4v) is 0.617. The SMILES string of the molecule is CC(Cl)COCC(C)(C)C. The van der Waals surface area contributed by atoms with Crippen LogP contribution in [0.4, 0.5) is 0 Å². The van der Waals surface area contributed by atoms with Crippen molar-refractivity contribution in [2.75, 3.05) is 13.2 Å². The van der Waals surface area contributed by atoms with Crippen LogP contribution in [0.25, 0.3) is 0 Å². The van der Waals surface area contributed by atoms with Gasteiger partial charge in [-0.3, -0.25) is 0 Å². The highest BCUT2D eigenvalue weighted by atomic mass is 35.5. The first-order valence-electron chi connectivity index (χ1n) is 3.63. The van der Waals surface area contributed by atoms with Gasteiger partial charge in [0.05, 0.1) is 18.6 Å². The lowest BCUT2D eigenvalue weighted by Crippen LogP contribution is -2.17. The van der Waals surface area contributed by atoms with Gasteiger partial charge in [0.25, 0.3) is 0 Å². The summed E-state index contributed by atoms with van der Waals surface area (Å²) in [4.78, 5) is 0. The van der Waals surface area contributed by atoms with Crippen molar-refractivity contribution in [3.63, 3.8) is 0 Å². The number of hydrogen-bond donors (Lipinski definition) is 0. The Morgan fingerprint density at radius 3 is 2.20 bits per heavy atom. The number of alkyl halides is 1. The van der Waals surface area contributed by atoms with E-state index < -0.39 is 0 Å². The van der Waals surface area contributed by atoms with Gasteiger partial charge in [0.1, 0.15) is 0 Å². The van der Waals surface area contributed by atoms with Crippen LogP contribution in [0.2, 0.25) is 0 Å². The molecule has 10 heavy (non-hydrogen) atoms. The minimum absolute atomic E-state index is 0.127. The third kappa shape index (κ3) is 8.25. The quantitative estimate of drug-likeness (QED) is 0.583. The Kier molecular flexibility index (Phi) is 4.30. The normalized spacial score (nSPS) is 15.3. The maximum atomic E-state index is 5.68. The van der Waals surface area contributed by atoms with Gasteiger partial charge < -0.3 is 4.74 Å². The highest BCUT2D eigenvalue weighted by Crippen LogP contribution is 2.13. The van der Waals surface area contributed by atoms with Crippen molar-refractivity contribution in [2.24, 2.45) is 5.41 Å². The van der Waals surface area contributed by atoms with Crippen molar-refractivity contribution >= 4 is 11.6 Å². The second kappa shape index (κ2) is 4.20. The summed E-state index contributed by atoms with van der Waals surface area (Å²) in [6.07, 6.45) is 0. The Labute approximate surface area is 68.7 Å². The summed E-state index contributed by atoms with van der Waals surface area (Å²) in [5.74, 6) is 0. The number of hydrogen-bond acceptors (Lipinski definition) is 1. The smallest absolute Gasteiger partial charge is 0.0627 e. The Morgan fingerprint density at radius 1 is 1.40 bits per heavy atom. The Morgan fingerprint density at radius 2 is 1.90 bits per heavy atom. The molecule has 1 nitrogen and oxygen atoms in total. The molecular formula is C8H17ClO. The van der Waals surface area contributed by atoms with E-state index in [1.165, 1.54) is 0 Å². The van der Waals surface area contributed by atoms with Crippen molar-refractivity contribution in [1.82, 2.24) is 0 Å². The summed E-state index contributed by atoms with van der Waals surface area (Å²) in [6, 6.07) is 0. The van der Waals surface area contributed by atoms with E-state index in [2.05, 4.69) is 20.8 Å². The zero-order chi connectivity index (χ0) is 8.20. The van der Waals surface area contributed by atoms with Gasteiger partial charge in [-0.2, -0.15) is 0 Å². The van der Waals surface area contributed by atoms with Crippen LogP contribution in [0.3, 0.4) is 0 Å². The zero-order valence-corrected chi connectivity index (χ0v) is 8.03. The van der Waals surface area contributed by atoms with E-state index >= 15 is 0 Å². The molecule has 0 spiro atoms. The molecule has 0 heterocycles. The van der Waals surface area contributed by atoms with E-state index in [0.717, 1.165) is 6.61 Å². The lowest BCUT2D eigenvalue weighted by Gasteiger charge is -2.18. The third-order valence-electron chi connectivity index (χ3n) is 0.883. The molecule has 0 aromatic rings. The molecule has 2 heteroatoms. The Hall–Kier alpha value is 0.250. The molecule has 0 saturated heterocycles. The molecule has 1 atom stereocenters. The van der Waals surface area contributed by atoms with Crippen LogP contribution in [-0.2, 0) is 4.74 Å². The predicted octanol–water partition coefficient (Wildman–Crippen LogP) is 2.68. The largest absolute Gasteiger partial charge is 0.379 e. The molecule has 0 N–H and O–H groups in total. The molecule has 0 rings (SSSR count). The second-order valence-electron chi connectivity index (χ2n) is 3.86. The first-order valence-corrected chi connectivity index (χ1v) is 4.07. The molecule has 0 fully saturated rings. The van der Waals surface area contributed by atoms with Crippen LogP contribution in [-0.4, -0.2) is 18.6 Å². The van der Waals surface area contributed by atoms with Crippen molar-refractivity contribution in [3.05, 3.63) is 0 Å². The van der Waals surface area contributed by atoms with Crippen LogP contribution in [0.5, 0.6) is 0 Å². The number of ether oxygens (including phenoxy) is 1. The van der Waals surface area contributed by atoms with Gasteiger partial charge in [-0.1, -0.05) is 20.8 Å². The molecule has 0 aliphatic carbocycles. The van der Waals surface area contributed by atoms with Gasteiger partial charge in [-0.25, -0.2) is 0 Å². The number of halogens is 1. The van der Waals surface area contributed by atoms with E-state index in [1.807, 2.05) is 6.92 Å². The van der Waals surface area contributed by atoms with Gasteiger partial charge in [0.2, 0.25) is 0 Å². The lowest BCUT2D eigenvalue weighted by molar-refractivity contribution is 0.0731. The molecule has 0 aromatic heterocycles. The molecule has 1 unspecified atom stereocenters. The minimum Gasteiger partial charge on any atom is -0.379 e. The van der Waals surface area contributed by atoms with Crippen LogP contribution >= 0.6 is 11.6 Å². The molecule has 62 valence electrons. The summed E-state index contributed by atoms with van der Waals surface area (Å²) >= 11 is 5.68. The summed E-state index contributed by atoms with van der Waals surface area (Å²) in [5, 5.41) is 0.127. The maximum absolute atomic E-state index is 5.68. The first kappa shape index (κ1) is 10.2. The van der Waals surface area contributed by atoms with Crippen LogP contribution in [0, 0.1) is 5.41 Å². The fourth-order valence-electron chi connectivity index (χ4n) is 0.528. The van der Waals surface area contributed by atoms with E-state index in [4.69, 9.17) is 16.3 Å². The molecule has 0 bridgehead atoms. The summed E-state index contributed by atoms with van der Waals surface area (Å²) in [7, 11) is 0. The average molecular weight is 165 g/mol. The lowest BCUT2D eigenvalue weighted by atomic mass is 9.99. The molecule has 0 saturated carbocycles. The van der Waals surface area contributed by atoms with Gasteiger partial charge >= 0.3 is 0 Å².